The van der Waals surface area contributed by atoms with E-state index in [1.165, 1.54) is 24.8 Å². The summed E-state index contributed by atoms with van der Waals surface area (Å²) in [7, 11) is 0. The topological polar surface area (TPSA) is 21.3 Å². The van der Waals surface area contributed by atoms with E-state index in [9.17, 15) is 0 Å². The molecule has 0 amide bonds. The van der Waals surface area contributed by atoms with Crippen molar-refractivity contribution >= 4 is 15.9 Å². The summed E-state index contributed by atoms with van der Waals surface area (Å²) < 4.78 is 6.86. The van der Waals surface area contributed by atoms with Crippen LogP contribution >= 0.6 is 15.9 Å². The average molecular weight is 342 g/mol. The van der Waals surface area contributed by atoms with Crippen LogP contribution in [0.15, 0.2) is 22.7 Å². The van der Waals surface area contributed by atoms with Gasteiger partial charge in [0, 0.05) is 12.1 Å². The third-order valence-corrected chi connectivity index (χ3v) is 3.69. The van der Waals surface area contributed by atoms with Crippen LogP contribution in [-0.2, 0) is 6.54 Å². The van der Waals surface area contributed by atoms with E-state index >= 15 is 0 Å². The maximum Gasteiger partial charge on any atom is 0.133 e. The van der Waals surface area contributed by atoms with Gasteiger partial charge in [-0.3, -0.25) is 0 Å². The smallest absolute Gasteiger partial charge is 0.133 e. The number of rotatable bonds is 8. The molecule has 1 aromatic carbocycles. The molecule has 1 N–H and O–H groups in total. The molecule has 0 bridgehead atoms. The minimum Gasteiger partial charge on any atom is -0.492 e. The Balaban J connectivity index is 2.43. The third kappa shape index (κ3) is 7.30. The average Bonchev–Trinajstić information content (AvgIpc) is 2.37. The van der Waals surface area contributed by atoms with Crippen LogP contribution in [0, 0.1) is 0 Å². The maximum atomic E-state index is 5.82. The van der Waals surface area contributed by atoms with Crippen molar-refractivity contribution in [1.82, 2.24) is 5.32 Å². The summed E-state index contributed by atoms with van der Waals surface area (Å²) in [6.45, 7) is 10.4. The van der Waals surface area contributed by atoms with Gasteiger partial charge in [-0.1, -0.05) is 32.3 Å². The van der Waals surface area contributed by atoms with E-state index in [-0.39, 0.29) is 5.54 Å². The first-order chi connectivity index (χ1) is 9.42. The number of unbranched alkanes of at least 4 members (excludes halogenated alkanes) is 3. The van der Waals surface area contributed by atoms with Crippen LogP contribution in [-0.4, -0.2) is 12.1 Å². The molecule has 0 fully saturated rings. The van der Waals surface area contributed by atoms with Gasteiger partial charge >= 0.3 is 0 Å². The van der Waals surface area contributed by atoms with Crippen molar-refractivity contribution in [1.29, 1.82) is 0 Å². The molecule has 0 radical (unpaired) electrons. The first-order valence-electron chi connectivity index (χ1n) is 7.58. The van der Waals surface area contributed by atoms with Crippen molar-refractivity contribution in [3.05, 3.63) is 28.2 Å². The Morgan fingerprint density at radius 3 is 2.50 bits per heavy atom. The quantitative estimate of drug-likeness (QED) is 0.648. The standard InChI is InChI=1S/C17H28BrNO/c1-5-6-7-8-11-20-16-10-9-14(12-15(16)18)13-19-17(2,3)4/h9-10,12,19H,5-8,11,13H2,1-4H3. The Labute approximate surface area is 132 Å². The molecule has 0 aromatic heterocycles. The lowest BCUT2D eigenvalue weighted by molar-refractivity contribution is 0.303. The van der Waals surface area contributed by atoms with Crippen LogP contribution in [0.1, 0.15) is 58.9 Å². The molecule has 0 heterocycles. The van der Waals surface area contributed by atoms with Crippen LogP contribution in [0.4, 0.5) is 0 Å². The molecule has 1 rings (SSSR count). The van der Waals surface area contributed by atoms with Crippen molar-refractivity contribution in [2.75, 3.05) is 6.61 Å². The third-order valence-electron chi connectivity index (χ3n) is 3.07. The Morgan fingerprint density at radius 2 is 1.90 bits per heavy atom. The van der Waals surface area contributed by atoms with Crippen LogP contribution in [0.25, 0.3) is 0 Å². The first-order valence-corrected chi connectivity index (χ1v) is 8.38. The number of ether oxygens (including phenoxy) is 1. The predicted octanol–water partition coefficient (Wildman–Crippen LogP) is 5.30. The van der Waals surface area contributed by atoms with Gasteiger partial charge in [0.25, 0.3) is 0 Å². The molecule has 0 spiro atoms. The summed E-state index contributed by atoms with van der Waals surface area (Å²) in [5, 5.41) is 3.49. The highest BCUT2D eigenvalue weighted by molar-refractivity contribution is 9.10. The largest absolute Gasteiger partial charge is 0.492 e. The highest BCUT2D eigenvalue weighted by Crippen LogP contribution is 2.26. The fourth-order valence-corrected chi connectivity index (χ4v) is 2.39. The van der Waals surface area contributed by atoms with Crippen LogP contribution in [0.3, 0.4) is 0 Å². The van der Waals surface area contributed by atoms with Gasteiger partial charge in [-0.05, 0) is 60.8 Å². The van der Waals surface area contributed by atoms with Crippen molar-refractivity contribution in [2.24, 2.45) is 0 Å². The predicted molar refractivity (Wildman–Crippen MR) is 90.4 cm³/mol. The highest BCUT2D eigenvalue weighted by Gasteiger charge is 2.09. The minimum atomic E-state index is 0.140. The number of benzene rings is 1. The summed E-state index contributed by atoms with van der Waals surface area (Å²) in [6.07, 6.45) is 4.94. The minimum absolute atomic E-state index is 0.140. The van der Waals surface area contributed by atoms with Crippen molar-refractivity contribution in [3.8, 4) is 5.75 Å². The molecule has 114 valence electrons. The zero-order valence-electron chi connectivity index (χ0n) is 13.3. The zero-order valence-corrected chi connectivity index (χ0v) is 14.8. The van der Waals surface area contributed by atoms with Gasteiger partial charge in [-0.2, -0.15) is 0 Å². The highest BCUT2D eigenvalue weighted by atomic mass is 79.9. The van der Waals surface area contributed by atoms with E-state index in [1.807, 2.05) is 0 Å². The maximum absolute atomic E-state index is 5.82. The monoisotopic (exact) mass is 341 g/mol. The molecule has 0 atom stereocenters. The summed E-state index contributed by atoms with van der Waals surface area (Å²) in [5.41, 5.74) is 1.41. The van der Waals surface area contributed by atoms with Crippen molar-refractivity contribution < 1.29 is 4.74 Å². The molecule has 0 unspecified atom stereocenters. The molecule has 0 aliphatic heterocycles. The van der Waals surface area contributed by atoms with E-state index in [4.69, 9.17) is 4.74 Å². The molecule has 0 aliphatic carbocycles. The van der Waals surface area contributed by atoms with E-state index in [2.05, 4.69) is 67.1 Å². The Bertz CT molecular complexity index is 398. The van der Waals surface area contributed by atoms with Gasteiger partial charge in [-0.25, -0.2) is 0 Å². The summed E-state index contributed by atoms with van der Waals surface area (Å²) >= 11 is 3.60. The van der Waals surface area contributed by atoms with E-state index in [0.29, 0.717) is 0 Å². The number of hydrogen-bond donors (Lipinski definition) is 1. The van der Waals surface area contributed by atoms with Crippen molar-refractivity contribution in [2.45, 2.75) is 65.5 Å². The molecule has 3 heteroatoms. The van der Waals surface area contributed by atoms with Crippen LogP contribution in [0.2, 0.25) is 0 Å². The Morgan fingerprint density at radius 1 is 1.15 bits per heavy atom. The van der Waals surface area contributed by atoms with Gasteiger partial charge in [0.2, 0.25) is 0 Å². The summed E-state index contributed by atoms with van der Waals surface area (Å²) in [6, 6.07) is 6.33. The van der Waals surface area contributed by atoms with E-state index in [1.54, 1.807) is 0 Å². The molecule has 2 nitrogen and oxygen atoms in total. The summed E-state index contributed by atoms with van der Waals surface area (Å²) in [5.74, 6) is 0.945. The Kier molecular flexibility index (Phi) is 7.60. The molecule has 20 heavy (non-hydrogen) atoms. The normalized spacial score (nSPS) is 11.7. The van der Waals surface area contributed by atoms with E-state index in [0.717, 1.165) is 29.8 Å². The van der Waals surface area contributed by atoms with Crippen LogP contribution in [0.5, 0.6) is 5.75 Å². The van der Waals surface area contributed by atoms with Gasteiger partial charge in [0.1, 0.15) is 5.75 Å². The number of nitrogens with one attached hydrogen (secondary N) is 1. The Hall–Kier alpha value is -0.540. The van der Waals surface area contributed by atoms with Gasteiger partial charge in [-0.15, -0.1) is 0 Å². The molecular formula is C17H28BrNO. The second-order valence-corrected chi connectivity index (χ2v) is 7.13. The molecule has 1 aromatic rings. The molecule has 0 saturated carbocycles. The number of hydrogen-bond acceptors (Lipinski definition) is 2. The van der Waals surface area contributed by atoms with Crippen LogP contribution < -0.4 is 10.1 Å². The molecule has 0 aliphatic rings. The first kappa shape index (κ1) is 17.5. The second-order valence-electron chi connectivity index (χ2n) is 6.28. The second kappa shape index (κ2) is 8.68. The lowest BCUT2D eigenvalue weighted by atomic mass is 10.1. The fraction of sp³-hybridized carbons (Fsp3) is 0.647. The molecule has 0 saturated heterocycles. The summed E-state index contributed by atoms with van der Waals surface area (Å²) in [4.78, 5) is 0. The van der Waals surface area contributed by atoms with Gasteiger partial charge in [0.15, 0.2) is 0 Å². The van der Waals surface area contributed by atoms with Gasteiger partial charge in [0.05, 0.1) is 11.1 Å². The zero-order chi connectivity index (χ0) is 15.0. The SMILES string of the molecule is CCCCCCOc1ccc(CNC(C)(C)C)cc1Br. The van der Waals surface area contributed by atoms with Crippen molar-refractivity contribution in [3.63, 3.8) is 0 Å². The lowest BCUT2D eigenvalue weighted by Crippen LogP contribution is -2.35. The van der Waals surface area contributed by atoms with Gasteiger partial charge < -0.3 is 10.1 Å². The molecular weight excluding hydrogens is 314 g/mol. The fourth-order valence-electron chi connectivity index (χ4n) is 1.85. The van der Waals surface area contributed by atoms with E-state index < -0.39 is 0 Å². The number of halogens is 1. The lowest BCUT2D eigenvalue weighted by Gasteiger charge is -2.20.